The Bertz CT molecular complexity index is 1540. The number of aryl methyl sites for hydroxylation is 1. The third kappa shape index (κ3) is 7.19. The van der Waals surface area contributed by atoms with Gasteiger partial charge in [0.1, 0.15) is 11.4 Å². The molecule has 0 bridgehead atoms. The van der Waals surface area contributed by atoms with E-state index in [0.29, 0.717) is 29.1 Å². The zero-order chi connectivity index (χ0) is 32.6. The molecule has 2 aliphatic heterocycles. The molecule has 244 valence electrons. The lowest BCUT2D eigenvalue weighted by Crippen LogP contribution is -2.46. The molecule has 0 aliphatic carbocycles. The smallest absolute Gasteiger partial charge is 0.410 e. The van der Waals surface area contributed by atoms with Gasteiger partial charge in [-0.3, -0.25) is 9.78 Å². The first-order valence-electron chi connectivity index (χ1n) is 16.5. The van der Waals surface area contributed by atoms with E-state index in [1.807, 2.05) is 56.5 Å². The van der Waals surface area contributed by atoms with E-state index in [9.17, 15) is 14.0 Å². The second kappa shape index (κ2) is 13.1. The van der Waals surface area contributed by atoms with E-state index in [1.54, 1.807) is 18.0 Å². The van der Waals surface area contributed by atoms with Gasteiger partial charge in [0, 0.05) is 56.5 Å². The van der Waals surface area contributed by atoms with Crippen LogP contribution in [0.1, 0.15) is 82.3 Å². The summed E-state index contributed by atoms with van der Waals surface area (Å²) in [6, 6.07) is 4.91. The fraction of sp³-hybridized carbons (Fsp3) is 0.583. The lowest BCUT2D eigenvalue weighted by molar-refractivity contribution is 0.0143. The molecule has 2 saturated heterocycles. The van der Waals surface area contributed by atoms with E-state index in [4.69, 9.17) is 4.74 Å². The van der Waals surface area contributed by atoms with Crippen LogP contribution in [0.2, 0.25) is 0 Å². The van der Waals surface area contributed by atoms with Crippen molar-refractivity contribution in [2.24, 2.45) is 11.8 Å². The zero-order valence-electron chi connectivity index (χ0n) is 28.3. The molecule has 2 aromatic heterocycles. The fourth-order valence-corrected chi connectivity index (χ4v) is 7.01. The van der Waals surface area contributed by atoms with Crippen LogP contribution < -0.4 is 0 Å². The number of hydrogen-bond acceptors (Lipinski definition) is 5. The SMILES string of the molecule is Cc1cncc2c1c(C[C@H]1CCN([C@@H](C)C3CCN(C(=O)OC(C)(C)C)CC3)C1)cn2-c1ccc(F)cc1C(=O)N(C)C(C)C. The molecule has 0 spiro atoms. The number of nitrogens with zero attached hydrogens (tertiary/aromatic N) is 5. The molecular formula is C36H50FN5O3. The summed E-state index contributed by atoms with van der Waals surface area (Å²) in [5.41, 5.74) is 3.78. The third-order valence-electron chi connectivity index (χ3n) is 9.80. The van der Waals surface area contributed by atoms with Crippen LogP contribution in [0.15, 0.2) is 36.8 Å². The Balaban J connectivity index is 1.32. The van der Waals surface area contributed by atoms with Crippen molar-refractivity contribution in [2.45, 2.75) is 91.8 Å². The number of benzene rings is 1. The predicted octanol–water partition coefficient (Wildman–Crippen LogP) is 6.85. The van der Waals surface area contributed by atoms with Crippen LogP contribution in [0.4, 0.5) is 9.18 Å². The largest absolute Gasteiger partial charge is 0.444 e. The monoisotopic (exact) mass is 619 g/mol. The Morgan fingerprint density at radius 3 is 2.47 bits per heavy atom. The average Bonchev–Trinajstić information content (AvgIpc) is 3.61. The van der Waals surface area contributed by atoms with Crippen molar-refractivity contribution in [2.75, 3.05) is 33.2 Å². The van der Waals surface area contributed by atoms with Gasteiger partial charge in [0.05, 0.1) is 23.0 Å². The molecule has 2 amide bonds. The maximum absolute atomic E-state index is 14.5. The van der Waals surface area contributed by atoms with Gasteiger partial charge in [-0.15, -0.1) is 0 Å². The highest BCUT2D eigenvalue weighted by Gasteiger charge is 2.34. The molecule has 2 aliphatic rings. The summed E-state index contributed by atoms with van der Waals surface area (Å²) in [6.07, 6.45) is 9.70. The molecule has 2 atom stereocenters. The van der Waals surface area contributed by atoms with Crippen molar-refractivity contribution in [3.05, 3.63) is 59.3 Å². The number of likely N-dealkylation sites (tertiary alicyclic amines) is 2. The molecule has 45 heavy (non-hydrogen) atoms. The zero-order valence-corrected chi connectivity index (χ0v) is 28.3. The minimum absolute atomic E-state index is 0.0141. The number of amides is 2. The number of piperidine rings is 1. The van der Waals surface area contributed by atoms with Crippen molar-refractivity contribution < 1.29 is 18.7 Å². The summed E-state index contributed by atoms with van der Waals surface area (Å²) in [4.78, 5) is 36.6. The highest BCUT2D eigenvalue weighted by molar-refractivity contribution is 5.99. The number of fused-ring (bicyclic) bond motifs is 1. The molecule has 8 nitrogen and oxygen atoms in total. The molecule has 2 fully saturated rings. The van der Waals surface area contributed by atoms with Crippen LogP contribution in [-0.4, -0.2) is 87.2 Å². The van der Waals surface area contributed by atoms with E-state index in [0.717, 1.165) is 68.3 Å². The molecule has 0 saturated carbocycles. The molecule has 3 aromatic rings. The normalized spacial score (nSPS) is 19.0. The van der Waals surface area contributed by atoms with E-state index < -0.39 is 11.4 Å². The quantitative estimate of drug-likeness (QED) is 0.289. The average molecular weight is 620 g/mol. The van der Waals surface area contributed by atoms with Crippen LogP contribution in [0.5, 0.6) is 0 Å². The van der Waals surface area contributed by atoms with Gasteiger partial charge in [0.2, 0.25) is 0 Å². The lowest BCUT2D eigenvalue weighted by Gasteiger charge is -2.38. The Labute approximate surface area is 267 Å². The lowest BCUT2D eigenvalue weighted by atomic mass is 9.89. The predicted molar refractivity (Wildman–Crippen MR) is 176 cm³/mol. The van der Waals surface area contributed by atoms with Gasteiger partial charge in [-0.1, -0.05) is 0 Å². The molecular weight excluding hydrogens is 569 g/mol. The van der Waals surface area contributed by atoms with Crippen molar-refractivity contribution in [1.82, 2.24) is 24.3 Å². The first kappa shape index (κ1) is 32.9. The second-order valence-electron chi connectivity index (χ2n) is 14.4. The van der Waals surface area contributed by atoms with Gasteiger partial charge in [0.15, 0.2) is 0 Å². The van der Waals surface area contributed by atoms with Crippen molar-refractivity contribution >= 4 is 22.9 Å². The molecule has 0 unspecified atom stereocenters. The second-order valence-corrected chi connectivity index (χ2v) is 14.4. The minimum Gasteiger partial charge on any atom is -0.444 e. The van der Waals surface area contributed by atoms with Gasteiger partial charge < -0.3 is 24.0 Å². The number of halogens is 1. The number of ether oxygens (including phenoxy) is 1. The van der Waals surface area contributed by atoms with Crippen LogP contribution in [0.25, 0.3) is 16.6 Å². The summed E-state index contributed by atoms with van der Waals surface area (Å²) in [5, 5.41) is 1.16. The van der Waals surface area contributed by atoms with Crippen LogP contribution in [0.3, 0.4) is 0 Å². The van der Waals surface area contributed by atoms with Gasteiger partial charge in [-0.2, -0.15) is 0 Å². The van der Waals surface area contributed by atoms with Crippen molar-refractivity contribution in [3.63, 3.8) is 0 Å². The highest BCUT2D eigenvalue weighted by atomic mass is 19.1. The third-order valence-corrected chi connectivity index (χ3v) is 9.80. The van der Waals surface area contributed by atoms with Gasteiger partial charge in [-0.05, 0) is 122 Å². The Morgan fingerprint density at radius 2 is 1.80 bits per heavy atom. The van der Waals surface area contributed by atoms with Gasteiger partial charge >= 0.3 is 6.09 Å². The molecule has 4 heterocycles. The summed E-state index contributed by atoms with van der Waals surface area (Å²) in [7, 11) is 1.75. The summed E-state index contributed by atoms with van der Waals surface area (Å²) < 4.78 is 22.1. The molecule has 0 radical (unpaired) electrons. The fourth-order valence-electron chi connectivity index (χ4n) is 7.01. The van der Waals surface area contributed by atoms with Crippen LogP contribution in [-0.2, 0) is 11.2 Å². The van der Waals surface area contributed by atoms with Gasteiger partial charge in [-0.25, -0.2) is 9.18 Å². The van der Waals surface area contributed by atoms with E-state index in [1.165, 1.54) is 17.7 Å². The molecule has 9 heteroatoms. The number of pyridine rings is 1. The summed E-state index contributed by atoms with van der Waals surface area (Å²) >= 11 is 0. The van der Waals surface area contributed by atoms with E-state index in [2.05, 4.69) is 29.9 Å². The summed E-state index contributed by atoms with van der Waals surface area (Å²) in [6.45, 7) is 17.6. The highest BCUT2D eigenvalue weighted by Crippen LogP contribution is 2.34. The molecule has 1 aromatic carbocycles. The number of carbonyl (C=O) groups excluding carboxylic acids is 2. The standard InChI is InChI=1S/C36H50FN5O3/c1-23(2)39(8)34(43)30-18-29(37)9-10-31(30)42-22-28(33-24(3)19-38-20-32(33)42)17-26-11-14-41(21-26)25(4)27-12-15-40(16-13-27)35(44)45-36(5,6)7/h9-10,18-20,22-23,25-27H,11-17,21H2,1-8H3/t25-,26+/m0/s1. The number of rotatable bonds is 7. The maximum Gasteiger partial charge on any atom is 0.410 e. The Hall–Kier alpha value is -3.46. The number of carbonyl (C=O) groups is 2. The molecule has 0 N–H and O–H groups in total. The van der Waals surface area contributed by atoms with E-state index >= 15 is 0 Å². The van der Waals surface area contributed by atoms with Crippen molar-refractivity contribution in [1.29, 1.82) is 0 Å². The summed E-state index contributed by atoms with van der Waals surface area (Å²) in [5.74, 6) is 0.417. The first-order valence-corrected chi connectivity index (χ1v) is 16.5. The van der Waals surface area contributed by atoms with Crippen LogP contribution in [0, 0.1) is 24.6 Å². The molecule has 5 rings (SSSR count). The van der Waals surface area contributed by atoms with Crippen LogP contribution >= 0.6 is 0 Å². The Kier molecular flexibility index (Phi) is 9.59. The van der Waals surface area contributed by atoms with Gasteiger partial charge in [0.25, 0.3) is 5.91 Å². The van der Waals surface area contributed by atoms with E-state index in [-0.39, 0.29) is 18.0 Å². The topological polar surface area (TPSA) is 70.9 Å². The minimum atomic E-state index is -0.476. The number of aromatic nitrogens is 2. The van der Waals surface area contributed by atoms with Crippen molar-refractivity contribution in [3.8, 4) is 5.69 Å². The number of hydrogen-bond donors (Lipinski definition) is 0. The Morgan fingerprint density at radius 1 is 1.09 bits per heavy atom. The maximum atomic E-state index is 14.5. The first-order chi connectivity index (χ1) is 21.2.